The lowest BCUT2D eigenvalue weighted by atomic mass is 10.2. The van der Waals surface area contributed by atoms with Crippen LogP contribution in [0.15, 0.2) is 42.6 Å². The molecule has 1 aromatic carbocycles. The molecule has 2 heterocycles. The van der Waals surface area contributed by atoms with Gasteiger partial charge in [-0.05, 0) is 29.8 Å². The van der Waals surface area contributed by atoms with E-state index in [-0.39, 0.29) is 5.69 Å². The Morgan fingerprint density at radius 2 is 1.87 bits per heavy atom. The lowest BCUT2D eigenvalue weighted by Crippen LogP contribution is -2.02. The molecular formula is C15H13N5O3. The Morgan fingerprint density at radius 1 is 1.09 bits per heavy atom. The molecule has 116 valence electrons. The summed E-state index contributed by atoms with van der Waals surface area (Å²) in [7, 11) is 1.62. The van der Waals surface area contributed by atoms with Gasteiger partial charge in [0.15, 0.2) is 5.69 Å². The number of hydrogen-bond acceptors (Lipinski definition) is 6. The van der Waals surface area contributed by atoms with Crippen molar-refractivity contribution in [3.63, 3.8) is 0 Å². The summed E-state index contributed by atoms with van der Waals surface area (Å²) in [5.74, 6) is -0.325. The van der Waals surface area contributed by atoms with Gasteiger partial charge in [-0.2, -0.15) is 0 Å². The summed E-state index contributed by atoms with van der Waals surface area (Å²) in [6.07, 6.45) is 1.73. The Labute approximate surface area is 131 Å². The van der Waals surface area contributed by atoms with Gasteiger partial charge in [-0.25, -0.2) is 9.48 Å². The van der Waals surface area contributed by atoms with Gasteiger partial charge in [0.1, 0.15) is 17.1 Å². The van der Waals surface area contributed by atoms with E-state index in [0.29, 0.717) is 17.9 Å². The third-order valence-electron chi connectivity index (χ3n) is 3.19. The third kappa shape index (κ3) is 3.31. The summed E-state index contributed by atoms with van der Waals surface area (Å²) < 4.78 is 6.79. The summed E-state index contributed by atoms with van der Waals surface area (Å²) in [5, 5.41) is 24.4. The molecule has 0 aliphatic heterocycles. The summed E-state index contributed by atoms with van der Waals surface area (Å²) in [6, 6.07) is 10.6. The van der Waals surface area contributed by atoms with Gasteiger partial charge in [-0.15, -0.1) is 15.3 Å². The standard InChI is InChI=1S/C15H13N5O3/c1-23-11-4-2-10(3-5-11)8-20-9-14(18-19-20)12-6-7-13(15(21)22)17-16-12/h2-7,9H,8H2,1H3,(H,21,22). The fourth-order valence-electron chi connectivity index (χ4n) is 1.99. The first-order chi connectivity index (χ1) is 11.2. The highest BCUT2D eigenvalue weighted by Gasteiger charge is 2.09. The molecule has 23 heavy (non-hydrogen) atoms. The third-order valence-corrected chi connectivity index (χ3v) is 3.19. The van der Waals surface area contributed by atoms with Crippen LogP contribution < -0.4 is 4.74 Å². The molecule has 8 nitrogen and oxygen atoms in total. The molecule has 3 aromatic rings. The van der Waals surface area contributed by atoms with Gasteiger partial charge in [0.25, 0.3) is 0 Å². The molecule has 0 saturated carbocycles. The van der Waals surface area contributed by atoms with Crippen molar-refractivity contribution in [2.24, 2.45) is 0 Å². The molecule has 0 aliphatic rings. The Morgan fingerprint density at radius 3 is 2.48 bits per heavy atom. The molecule has 0 amide bonds. The molecule has 8 heteroatoms. The SMILES string of the molecule is COc1ccc(Cn2cc(-c3ccc(C(=O)O)nn3)nn2)cc1. The molecule has 3 rings (SSSR count). The lowest BCUT2D eigenvalue weighted by Gasteiger charge is -2.02. The van der Waals surface area contributed by atoms with Crippen molar-refractivity contribution in [2.45, 2.75) is 6.54 Å². The van der Waals surface area contributed by atoms with Gasteiger partial charge in [0.05, 0.1) is 19.9 Å². The monoisotopic (exact) mass is 311 g/mol. The van der Waals surface area contributed by atoms with E-state index in [4.69, 9.17) is 9.84 Å². The van der Waals surface area contributed by atoms with E-state index in [1.165, 1.54) is 6.07 Å². The van der Waals surface area contributed by atoms with Crippen LogP contribution in [0.2, 0.25) is 0 Å². The van der Waals surface area contributed by atoms with Gasteiger partial charge in [0.2, 0.25) is 0 Å². The van der Waals surface area contributed by atoms with Crippen LogP contribution in [0.4, 0.5) is 0 Å². The number of carboxylic acid groups (broad SMARTS) is 1. The van der Waals surface area contributed by atoms with Crippen LogP contribution >= 0.6 is 0 Å². The number of ether oxygens (including phenoxy) is 1. The molecule has 0 spiro atoms. The minimum atomic E-state index is -1.12. The molecule has 0 unspecified atom stereocenters. The fourth-order valence-corrected chi connectivity index (χ4v) is 1.99. The largest absolute Gasteiger partial charge is 0.497 e. The number of hydrogen-bond donors (Lipinski definition) is 1. The van der Waals surface area contributed by atoms with Gasteiger partial charge >= 0.3 is 5.97 Å². The predicted molar refractivity (Wildman–Crippen MR) is 80.1 cm³/mol. The molecule has 0 atom stereocenters. The van der Waals surface area contributed by atoms with Gasteiger partial charge in [-0.3, -0.25) is 0 Å². The van der Waals surface area contributed by atoms with Gasteiger partial charge in [0, 0.05) is 0 Å². The topological polar surface area (TPSA) is 103 Å². The zero-order chi connectivity index (χ0) is 16.2. The van der Waals surface area contributed by atoms with Crippen LogP contribution in [0.5, 0.6) is 5.75 Å². The summed E-state index contributed by atoms with van der Waals surface area (Å²) in [4.78, 5) is 10.8. The molecule has 2 aromatic heterocycles. The lowest BCUT2D eigenvalue weighted by molar-refractivity contribution is 0.0689. The first-order valence-electron chi connectivity index (χ1n) is 6.76. The van der Waals surface area contributed by atoms with Crippen molar-refractivity contribution >= 4 is 5.97 Å². The second-order valence-electron chi connectivity index (χ2n) is 4.76. The number of carbonyl (C=O) groups is 1. The fraction of sp³-hybridized carbons (Fsp3) is 0.133. The average Bonchev–Trinajstić information content (AvgIpc) is 3.04. The second kappa shape index (κ2) is 6.22. The first kappa shape index (κ1) is 14.6. The predicted octanol–water partition coefficient (Wildman–Crippen LogP) is 1.49. The molecule has 0 fully saturated rings. The van der Waals surface area contributed by atoms with Crippen molar-refractivity contribution in [2.75, 3.05) is 7.11 Å². The van der Waals surface area contributed by atoms with Crippen LogP contribution in [0.1, 0.15) is 16.1 Å². The van der Waals surface area contributed by atoms with E-state index in [9.17, 15) is 4.79 Å². The maximum absolute atomic E-state index is 10.8. The molecule has 0 saturated heterocycles. The number of methoxy groups -OCH3 is 1. The van der Waals surface area contributed by atoms with Crippen molar-refractivity contribution < 1.29 is 14.6 Å². The molecule has 0 radical (unpaired) electrons. The molecule has 0 bridgehead atoms. The highest BCUT2D eigenvalue weighted by Crippen LogP contribution is 2.15. The van der Waals surface area contributed by atoms with Crippen molar-refractivity contribution in [3.8, 4) is 17.1 Å². The normalized spacial score (nSPS) is 10.5. The van der Waals surface area contributed by atoms with E-state index >= 15 is 0 Å². The number of carboxylic acids is 1. The highest BCUT2D eigenvalue weighted by atomic mass is 16.5. The van der Waals surface area contributed by atoms with Crippen molar-refractivity contribution in [1.82, 2.24) is 25.2 Å². The van der Waals surface area contributed by atoms with Gasteiger partial charge < -0.3 is 9.84 Å². The number of aromatic carboxylic acids is 1. The zero-order valence-electron chi connectivity index (χ0n) is 12.2. The number of aromatic nitrogens is 5. The summed E-state index contributed by atoms with van der Waals surface area (Å²) >= 11 is 0. The average molecular weight is 311 g/mol. The maximum atomic E-state index is 10.8. The highest BCUT2D eigenvalue weighted by molar-refractivity contribution is 5.85. The van der Waals surface area contributed by atoms with Crippen molar-refractivity contribution in [1.29, 1.82) is 0 Å². The minimum Gasteiger partial charge on any atom is -0.497 e. The van der Waals surface area contributed by atoms with Crippen molar-refractivity contribution in [3.05, 3.63) is 53.9 Å². The number of benzene rings is 1. The van der Waals surface area contributed by atoms with Crippen LogP contribution in [-0.4, -0.2) is 43.4 Å². The van der Waals surface area contributed by atoms with E-state index < -0.39 is 5.97 Å². The number of rotatable bonds is 5. The number of nitrogens with zero attached hydrogens (tertiary/aromatic N) is 5. The van der Waals surface area contributed by atoms with Crippen LogP contribution in [0.25, 0.3) is 11.4 Å². The molecule has 1 N–H and O–H groups in total. The van der Waals surface area contributed by atoms with E-state index in [1.807, 2.05) is 24.3 Å². The summed E-state index contributed by atoms with van der Waals surface area (Å²) in [6.45, 7) is 0.553. The zero-order valence-corrected chi connectivity index (χ0v) is 12.2. The Bertz CT molecular complexity index is 812. The minimum absolute atomic E-state index is 0.112. The Hall–Kier alpha value is -3.29. The van der Waals surface area contributed by atoms with E-state index in [1.54, 1.807) is 24.1 Å². The quantitative estimate of drug-likeness (QED) is 0.761. The Kier molecular flexibility index (Phi) is 3.96. The molecular weight excluding hydrogens is 298 g/mol. The smallest absolute Gasteiger partial charge is 0.356 e. The van der Waals surface area contributed by atoms with Crippen LogP contribution in [-0.2, 0) is 6.54 Å². The molecule has 0 aliphatic carbocycles. The van der Waals surface area contributed by atoms with E-state index in [0.717, 1.165) is 11.3 Å². The van der Waals surface area contributed by atoms with Gasteiger partial charge in [-0.1, -0.05) is 17.3 Å². The Balaban J connectivity index is 1.75. The summed E-state index contributed by atoms with van der Waals surface area (Å²) in [5.41, 5.74) is 1.94. The van der Waals surface area contributed by atoms with Crippen LogP contribution in [0, 0.1) is 0 Å². The van der Waals surface area contributed by atoms with Crippen LogP contribution in [0.3, 0.4) is 0 Å². The maximum Gasteiger partial charge on any atom is 0.356 e. The van der Waals surface area contributed by atoms with E-state index in [2.05, 4.69) is 20.5 Å². The first-order valence-corrected chi connectivity index (χ1v) is 6.76. The second-order valence-corrected chi connectivity index (χ2v) is 4.76.